The highest BCUT2D eigenvalue weighted by Crippen LogP contribution is 2.32. The maximum absolute atomic E-state index is 14.9. The van der Waals surface area contributed by atoms with Gasteiger partial charge in [0.1, 0.15) is 17.5 Å². The van der Waals surface area contributed by atoms with Crippen LogP contribution in [0.4, 0.5) is 10.2 Å². The summed E-state index contributed by atoms with van der Waals surface area (Å²) in [6.45, 7) is 3.15. The number of anilines is 1. The van der Waals surface area contributed by atoms with Crippen LogP contribution >= 0.6 is 11.6 Å². The molecule has 3 aromatic heterocycles. The van der Waals surface area contributed by atoms with Crippen molar-refractivity contribution in [3.63, 3.8) is 0 Å². The monoisotopic (exact) mass is 435 g/mol. The quantitative estimate of drug-likeness (QED) is 0.475. The second kappa shape index (κ2) is 7.42. The molecule has 0 saturated carbocycles. The first-order valence-corrected chi connectivity index (χ1v) is 10.3. The minimum absolute atomic E-state index is 0.220. The van der Waals surface area contributed by atoms with Crippen LogP contribution in [-0.2, 0) is 20.0 Å². The van der Waals surface area contributed by atoms with Crippen LogP contribution in [0, 0.1) is 12.7 Å². The van der Waals surface area contributed by atoms with E-state index >= 15 is 0 Å². The molecule has 0 aliphatic carbocycles. The van der Waals surface area contributed by atoms with Gasteiger partial charge in [0.2, 0.25) is 0 Å². The number of nitrogens with zero attached hydrogens (tertiary/aromatic N) is 5. The van der Waals surface area contributed by atoms with E-state index in [1.54, 1.807) is 32.3 Å². The molecule has 156 valence electrons. The van der Waals surface area contributed by atoms with E-state index in [-0.39, 0.29) is 27.2 Å². The number of pyridine rings is 2. The predicted octanol–water partition coefficient (Wildman–Crippen LogP) is 4.05. The topological polar surface area (TPSA) is 63.9 Å². The van der Waals surface area contributed by atoms with Gasteiger partial charge in [0.05, 0.1) is 16.6 Å². The fourth-order valence-corrected chi connectivity index (χ4v) is 4.16. The van der Waals surface area contributed by atoms with E-state index in [1.807, 2.05) is 18.3 Å². The lowest BCUT2D eigenvalue weighted by Gasteiger charge is -2.30. The fraction of sp³-hybridized carbons (Fsp3) is 0.217. The molecule has 0 fully saturated rings. The van der Waals surface area contributed by atoms with E-state index in [1.165, 1.54) is 16.2 Å². The molecular weight excluding hydrogens is 417 g/mol. The molecule has 4 heterocycles. The highest BCUT2D eigenvalue weighted by atomic mass is 35.5. The van der Waals surface area contributed by atoms with Crippen molar-refractivity contribution in [2.24, 2.45) is 7.05 Å². The van der Waals surface area contributed by atoms with Gasteiger partial charge >= 0.3 is 0 Å². The Kier molecular flexibility index (Phi) is 4.70. The van der Waals surface area contributed by atoms with Gasteiger partial charge in [-0.15, -0.1) is 0 Å². The number of aryl methyl sites for hydroxylation is 1. The summed E-state index contributed by atoms with van der Waals surface area (Å²) in [5.41, 5.74) is 3.11. The van der Waals surface area contributed by atoms with Gasteiger partial charge in [0.15, 0.2) is 0 Å². The van der Waals surface area contributed by atoms with E-state index in [2.05, 4.69) is 14.9 Å². The fourth-order valence-electron chi connectivity index (χ4n) is 4.00. The number of fused-ring (bicyclic) bond motifs is 2. The van der Waals surface area contributed by atoms with Gasteiger partial charge in [0, 0.05) is 49.2 Å². The van der Waals surface area contributed by atoms with E-state index in [0.29, 0.717) is 23.7 Å². The lowest BCUT2D eigenvalue weighted by atomic mass is 10.0. The van der Waals surface area contributed by atoms with Crippen LogP contribution in [0.25, 0.3) is 22.2 Å². The smallest absolute Gasteiger partial charge is 0.263 e. The zero-order valence-corrected chi connectivity index (χ0v) is 17.8. The van der Waals surface area contributed by atoms with Crippen molar-refractivity contribution in [3.05, 3.63) is 80.9 Å². The zero-order valence-electron chi connectivity index (χ0n) is 17.1. The minimum atomic E-state index is -0.533. The Balaban J connectivity index is 1.75. The van der Waals surface area contributed by atoms with Gasteiger partial charge < -0.3 is 4.90 Å². The first-order chi connectivity index (χ1) is 14.9. The molecule has 0 bridgehead atoms. The third kappa shape index (κ3) is 3.35. The third-order valence-corrected chi connectivity index (χ3v) is 6.03. The van der Waals surface area contributed by atoms with Gasteiger partial charge in [-0.2, -0.15) is 0 Å². The maximum Gasteiger partial charge on any atom is 0.263 e. The Bertz CT molecular complexity index is 1400. The van der Waals surface area contributed by atoms with Crippen molar-refractivity contribution in [2.75, 3.05) is 11.4 Å². The first kappa shape index (κ1) is 19.6. The molecule has 0 atom stereocenters. The van der Waals surface area contributed by atoms with Crippen molar-refractivity contribution >= 4 is 28.3 Å². The lowest BCUT2D eigenvalue weighted by molar-refractivity contribution is 0.631. The van der Waals surface area contributed by atoms with Crippen LogP contribution in [0.3, 0.4) is 0 Å². The van der Waals surface area contributed by atoms with Crippen molar-refractivity contribution in [2.45, 2.75) is 19.9 Å². The van der Waals surface area contributed by atoms with Crippen LogP contribution in [0.15, 0.2) is 47.5 Å². The Morgan fingerprint density at radius 2 is 1.97 bits per heavy atom. The number of hydrogen-bond donors (Lipinski definition) is 0. The molecule has 1 aliphatic heterocycles. The summed E-state index contributed by atoms with van der Waals surface area (Å²) in [5.74, 6) is 0.686. The highest BCUT2D eigenvalue weighted by Gasteiger charge is 2.22. The van der Waals surface area contributed by atoms with Crippen LogP contribution in [-0.4, -0.2) is 26.1 Å². The Morgan fingerprint density at radius 1 is 1.13 bits per heavy atom. The predicted molar refractivity (Wildman–Crippen MR) is 119 cm³/mol. The Hall–Kier alpha value is -3.32. The summed E-state index contributed by atoms with van der Waals surface area (Å²) in [6, 6.07) is 8.21. The molecule has 8 heteroatoms. The van der Waals surface area contributed by atoms with Gasteiger partial charge in [-0.25, -0.2) is 14.4 Å². The second-order valence-corrected chi connectivity index (χ2v) is 8.12. The van der Waals surface area contributed by atoms with Crippen LogP contribution in [0.1, 0.15) is 17.0 Å². The third-order valence-electron chi connectivity index (χ3n) is 5.80. The van der Waals surface area contributed by atoms with E-state index < -0.39 is 5.82 Å². The molecule has 1 aliphatic rings. The van der Waals surface area contributed by atoms with Crippen molar-refractivity contribution in [1.82, 2.24) is 19.5 Å². The molecule has 4 aromatic rings. The van der Waals surface area contributed by atoms with E-state index in [9.17, 15) is 9.18 Å². The van der Waals surface area contributed by atoms with Crippen LogP contribution in [0.2, 0.25) is 5.02 Å². The summed E-state index contributed by atoms with van der Waals surface area (Å²) in [7, 11) is 1.65. The van der Waals surface area contributed by atoms with E-state index in [4.69, 9.17) is 16.6 Å². The molecule has 5 rings (SSSR count). The van der Waals surface area contributed by atoms with E-state index in [0.717, 1.165) is 18.5 Å². The number of rotatable bonds is 2. The zero-order chi connectivity index (χ0) is 21.7. The van der Waals surface area contributed by atoms with Gasteiger partial charge in [-0.05, 0) is 48.7 Å². The average molecular weight is 436 g/mol. The standard InChI is InChI=1S/C23H19ClFN5O/c1-13-27-19-10-20(30-8-6-14-5-7-26-11-15(14)12-30)28-22(21(19)23(31)29(13)2)17-4-3-16(24)9-18(17)25/h3-5,7,9-11H,6,8,12H2,1-2H3. The molecule has 0 saturated heterocycles. The summed E-state index contributed by atoms with van der Waals surface area (Å²) in [5, 5.41) is 0.570. The number of halogens is 2. The SMILES string of the molecule is Cc1nc2cc(N3CCc4ccncc4C3)nc(-c3ccc(Cl)cc3F)c2c(=O)n1C. The lowest BCUT2D eigenvalue weighted by Crippen LogP contribution is -2.31. The number of aromatic nitrogens is 4. The number of hydrogen-bond acceptors (Lipinski definition) is 5. The van der Waals surface area contributed by atoms with Crippen molar-refractivity contribution in [1.29, 1.82) is 0 Å². The normalized spacial score (nSPS) is 13.5. The maximum atomic E-state index is 14.9. The van der Waals surface area contributed by atoms with Gasteiger partial charge in [0.25, 0.3) is 5.56 Å². The van der Waals surface area contributed by atoms with Crippen LogP contribution in [0.5, 0.6) is 0 Å². The molecule has 0 amide bonds. The van der Waals surface area contributed by atoms with Crippen molar-refractivity contribution in [3.8, 4) is 11.3 Å². The first-order valence-electron chi connectivity index (χ1n) is 9.93. The molecule has 0 spiro atoms. The molecule has 1 aromatic carbocycles. The molecule has 6 nitrogen and oxygen atoms in total. The average Bonchev–Trinajstić information content (AvgIpc) is 2.76. The molecule has 0 unspecified atom stereocenters. The largest absolute Gasteiger partial charge is 0.352 e. The molecule has 0 radical (unpaired) electrons. The van der Waals surface area contributed by atoms with Gasteiger partial charge in [-0.1, -0.05) is 11.6 Å². The Morgan fingerprint density at radius 3 is 2.77 bits per heavy atom. The summed E-state index contributed by atoms with van der Waals surface area (Å²) >= 11 is 5.95. The minimum Gasteiger partial charge on any atom is -0.352 e. The van der Waals surface area contributed by atoms with Crippen molar-refractivity contribution < 1.29 is 4.39 Å². The van der Waals surface area contributed by atoms with Gasteiger partial charge in [-0.3, -0.25) is 14.3 Å². The summed E-state index contributed by atoms with van der Waals surface area (Å²) in [6.07, 6.45) is 4.51. The molecule has 31 heavy (non-hydrogen) atoms. The highest BCUT2D eigenvalue weighted by molar-refractivity contribution is 6.30. The summed E-state index contributed by atoms with van der Waals surface area (Å²) in [4.78, 5) is 28.8. The molecular formula is C23H19ClFN5O. The summed E-state index contributed by atoms with van der Waals surface area (Å²) < 4.78 is 16.3. The van der Waals surface area contributed by atoms with Crippen LogP contribution < -0.4 is 10.5 Å². The molecule has 0 N–H and O–H groups in total. The second-order valence-electron chi connectivity index (χ2n) is 7.69. The Labute approximate surface area is 183 Å². The number of benzene rings is 1.